The Morgan fingerprint density at radius 2 is 2.12 bits per heavy atom. The number of halogens is 3. The van der Waals surface area contributed by atoms with Gasteiger partial charge in [-0.15, -0.1) is 11.3 Å². The van der Waals surface area contributed by atoms with Gasteiger partial charge < -0.3 is 4.74 Å². The average Bonchev–Trinajstić information content (AvgIpc) is 3.03. The van der Waals surface area contributed by atoms with Gasteiger partial charge in [0.05, 0.1) is 18.4 Å². The summed E-state index contributed by atoms with van der Waals surface area (Å²) in [6, 6.07) is 9.63. The number of hydrogen-bond donors (Lipinski definition) is 1. The van der Waals surface area contributed by atoms with Gasteiger partial charge >= 0.3 is 0 Å². The van der Waals surface area contributed by atoms with E-state index in [1.54, 1.807) is 35.7 Å². The van der Waals surface area contributed by atoms with Gasteiger partial charge in [-0.3, -0.25) is 10.1 Å². The molecule has 25 heavy (non-hydrogen) atoms. The molecule has 0 bridgehead atoms. The number of carbonyl (C=O) groups excluding carboxylic acids is 1. The van der Waals surface area contributed by atoms with Crippen molar-refractivity contribution in [2.75, 3.05) is 12.4 Å². The Balaban J connectivity index is 1.79. The highest BCUT2D eigenvalue weighted by molar-refractivity contribution is 14.1. The molecule has 4 nitrogen and oxygen atoms in total. The van der Waals surface area contributed by atoms with E-state index in [2.05, 4.69) is 32.9 Å². The smallest absolute Gasteiger partial charge is 0.258 e. The summed E-state index contributed by atoms with van der Waals surface area (Å²) in [7, 11) is 1.41. The third-order valence-corrected chi connectivity index (χ3v) is 5.23. The van der Waals surface area contributed by atoms with Crippen molar-refractivity contribution in [3.8, 4) is 17.0 Å². The highest BCUT2D eigenvalue weighted by Crippen LogP contribution is 2.29. The maximum absolute atomic E-state index is 13.8. The van der Waals surface area contributed by atoms with Crippen LogP contribution in [0.25, 0.3) is 11.3 Å². The number of aromatic nitrogens is 1. The minimum Gasteiger partial charge on any atom is -0.494 e. The van der Waals surface area contributed by atoms with Crippen molar-refractivity contribution in [2.45, 2.75) is 0 Å². The van der Waals surface area contributed by atoms with Gasteiger partial charge in [-0.25, -0.2) is 9.37 Å². The van der Waals surface area contributed by atoms with Crippen LogP contribution in [-0.4, -0.2) is 18.0 Å². The summed E-state index contributed by atoms with van der Waals surface area (Å²) in [6.07, 6.45) is 0. The fourth-order valence-corrected chi connectivity index (χ4v) is 3.96. The van der Waals surface area contributed by atoms with Gasteiger partial charge in [0.2, 0.25) is 0 Å². The van der Waals surface area contributed by atoms with E-state index in [1.165, 1.54) is 24.5 Å². The van der Waals surface area contributed by atoms with Crippen LogP contribution in [0.4, 0.5) is 9.52 Å². The van der Waals surface area contributed by atoms with E-state index < -0.39 is 5.82 Å². The van der Waals surface area contributed by atoms with Crippen molar-refractivity contribution in [1.29, 1.82) is 0 Å². The van der Waals surface area contributed by atoms with Crippen molar-refractivity contribution in [3.05, 3.63) is 61.8 Å². The van der Waals surface area contributed by atoms with E-state index in [-0.39, 0.29) is 11.7 Å². The van der Waals surface area contributed by atoms with Crippen LogP contribution in [0.1, 0.15) is 10.4 Å². The second-order valence-corrected chi connectivity index (χ2v) is 7.42. The van der Waals surface area contributed by atoms with Crippen molar-refractivity contribution in [1.82, 2.24) is 4.98 Å². The number of hydrogen-bond acceptors (Lipinski definition) is 4. The van der Waals surface area contributed by atoms with Crippen molar-refractivity contribution >= 4 is 56.6 Å². The lowest BCUT2D eigenvalue weighted by Gasteiger charge is -2.05. The quantitative estimate of drug-likeness (QED) is 0.496. The number of benzene rings is 2. The SMILES string of the molecule is COc1ccc(-c2csc(NC(=O)c3ccc(Cl)cc3I)n2)cc1F. The summed E-state index contributed by atoms with van der Waals surface area (Å²) in [6.45, 7) is 0. The van der Waals surface area contributed by atoms with Crippen LogP contribution in [0.2, 0.25) is 5.02 Å². The predicted molar refractivity (Wildman–Crippen MR) is 106 cm³/mol. The van der Waals surface area contributed by atoms with Crippen LogP contribution >= 0.6 is 45.5 Å². The lowest BCUT2D eigenvalue weighted by atomic mass is 10.1. The lowest BCUT2D eigenvalue weighted by molar-refractivity contribution is 0.102. The first-order valence-electron chi connectivity index (χ1n) is 7.04. The number of amides is 1. The highest BCUT2D eigenvalue weighted by Gasteiger charge is 2.14. The molecule has 0 unspecified atom stereocenters. The lowest BCUT2D eigenvalue weighted by Crippen LogP contribution is -2.13. The van der Waals surface area contributed by atoms with Gasteiger partial charge in [0.15, 0.2) is 16.7 Å². The summed E-state index contributed by atoms with van der Waals surface area (Å²) in [5.41, 5.74) is 1.70. The molecule has 0 radical (unpaired) electrons. The summed E-state index contributed by atoms with van der Waals surface area (Å²) >= 11 is 9.22. The topological polar surface area (TPSA) is 51.2 Å². The molecule has 2 aromatic carbocycles. The van der Waals surface area contributed by atoms with E-state index in [0.29, 0.717) is 27.0 Å². The van der Waals surface area contributed by atoms with Crippen LogP contribution in [0.15, 0.2) is 41.8 Å². The molecule has 0 aliphatic rings. The van der Waals surface area contributed by atoms with Crippen molar-refractivity contribution < 1.29 is 13.9 Å². The van der Waals surface area contributed by atoms with Crippen LogP contribution in [0.3, 0.4) is 0 Å². The first-order valence-corrected chi connectivity index (χ1v) is 9.37. The molecule has 8 heteroatoms. The molecule has 0 aliphatic heterocycles. The van der Waals surface area contributed by atoms with Gasteiger partial charge in [0.25, 0.3) is 5.91 Å². The number of nitrogens with zero attached hydrogens (tertiary/aromatic N) is 1. The van der Waals surface area contributed by atoms with Crippen molar-refractivity contribution in [2.24, 2.45) is 0 Å². The standard InChI is InChI=1S/C17H11ClFIN2O2S/c1-24-15-5-2-9(6-12(15)19)14-8-25-17(21-14)22-16(23)11-4-3-10(18)7-13(11)20/h2-8H,1H3,(H,21,22,23). The zero-order valence-corrected chi connectivity index (χ0v) is 16.6. The molecule has 0 saturated carbocycles. The Bertz CT molecular complexity index is 948. The van der Waals surface area contributed by atoms with Gasteiger partial charge in [-0.2, -0.15) is 0 Å². The fourth-order valence-electron chi connectivity index (χ4n) is 2.13. The van der Waals surface area contributed by atoms with E-state index in [9.17, 15) is 9.18 Å². The third-order valence-electron chi connectivity index (χ3n) is 3.35. The number of methoxy groups -OCH3 is 1. The molecule has 3 aromatic rings. The number of anilines is 1. The first kappa shape index (κ1) is 18.1. The van der Waals surface area contributed by atoms with Crippen LogP contribution < -0.4 is 10.1 Å². The van der Waals surface area contributed by atoms with E-state index in [0.717, 1.165) is 3.57 Å². The molecular weight excluding hydrogens is 478 g/mol. The summed E-state index contributed by atoms with van der Waals surface area (Å²) in [5, 5.41) is 5.50. The molecule has 1 N–H and O–H groups in total. The van der Waals surface area contributed by atoms with Gasteiger partial charge in [-0.1, -0.05) is 11.6 Å². The Kier molecular flexibility index (Phi) is 5.55. The molecule has 0 atom stereocenters. The number of carbonyl (C=O) groups is 1. The van der Waals surface area contributed by atoms with Crippen molar-refractivity contribution in [3.63, 3.8) is 0 Å². The molecule has 0 saturated heterocycles. The number of thiazole rings is 1. The van der Waals surface area contributed by atoms with Crippen LogP contribution in [-0.2, 0) is 0 Å². The Hall–Kier alpha value is -1.71. The molecule has 3 rings (SSSR count). The Morgan fingerprint density at radius 1 is 1.32 bits per heavy atom. The minimum absolute atomic E-state index is 0.171. The fraction of sp³-hybridized carbons (Fsp3) is 0.0588. The number of rotatable bonds is 4. The van der Waals surface area contributed by atoms with Gasteiger partial charge in [0.1, 0.15) is 0 Å². The molecule has 1 aromatic heterocycles. The third kappa shape index (κ3) is 4.10. The number of ether oxygens (including phenoxy) is 1. The number of nitrogens with one attached hydrogen (secondary N) is 1. The van der Waals surface area contributed by atoms with Crippen LogP contribution in [0, 0.1) is 9.39 Å². The monoisotopic (exact) mass is 488 g/mol. The summed E-state index contributed by atoms with van der Waals surface area (Å²) in [5.74, 6) is -0.568. The summed E-state index contributed by atoms with van der Waals surface area (Å²) in [4.78, 5) is 16.7. The molecule has 0 fully saturated rings. The Morgan fingerprint density at radius 3 is 2.80 bits per heavy atom. The van der Waals surface area contributed by atoms with E-state index in [1.807, 2.05) is 0 Å². The predicted octanol–water partition coefficient (Wildman–Crippen LogP) is 5.47. The normalized spacial score (nSPS) is 10.6. The molecule has 1 amide bonds. The Labute approximate surface area is 166 Å². The second kappa shape index (κ2) is 7.67. The maximum atomic E-state index is 13.8. The minimum atomic E-state index is -0.464. The van der Waals surface area contributed by atoms with E-state index in [4.69, 9.17) is 16.3 Å². The largest absolute Gasteiger partial charge is 0.494 e. The summed E-state index contributed by atoms with van der Waals surface area (Å²) < 4.78 is 19.5. The highest BCUT2D eigenvalue weighted by atomic mass is 127. The molecular formula is C17H11ClFIN2O2S. The van der Waals surface area contributed by atoms with Crippen LogP contribution in [0.5, 0.6) is 5.75 Å². The average molecular weight is 489 g/mol. The molecule has 128 valence electrons. The first-order chi connectivity index (χ1) is 12.0. The van der Waals surface area contributed by atoms with Gasteiger partial charge in [0, 0.05) is 19.5 Å². The zero-order valence-electron chi connectivity index (χ0n) is 12.8. The second-order valence-electron chi connectivity index (χ2n) is 4.97. The van der Waals surface area contributed by atoms with E-state index >= 15 is 0 Å². The molecule has 1 heterocycles. The molecule has 0 spiro atoms. The maximum Gasteiger partial charge on any atom is 0.258 e. The van der Waals surface area contributed by atoms with Gasteiger partial charge in [-0.05, 0) is 59.0 Å². The zero-order chi connectivity index (χ0) is 18.0. The molecule has 0 aliphatic carbocycles.